The van der Waals surface area contributed by atoms with Gasteiger partial charge in [0.2, 0.25) is 10.0 Å². The molecular formula is C16H23N3O3S. The second-order valence-electron chi connectivity index (χ2n) is 5.37. The lowest BCUT2D eigenvalue weighted by Gasteiger charge is -2.36. The van der Waals surface area contributed by atoms with E-state index in [2.05, 4.69) is 6.07 Å². The van der Waals surface area contributed by atoms with Crippen molar-refractivity contribution in [2.75, 3.05) is 38.5 Å². The minimum absolute atomic E-state index is 0.119. The van der Waals surface area contributed by atoms with Gasteiger partial charge >= 0.3 is 0 Å². The van der Waals surface area contributed by atoms with E-state index in [1.165, 1.54) is 4.31 Å². The number of benzene rings is 1. The molecule has 0 radical (unpaired) electrons. The Morgan fingerprint density at radius 3 is 2.26 bits per heavy atom. The summed E-state index contributed by atoms with van der Waals surface area (Å²) in [7, 11) is -3.15. The van der Waals surface area contributed by atoms with Gasteiger partial charge in [0.1, 0.15) is 11.8 Å². The van der Waals surface area contributed by atoms with Gasteiger partial charge in [-0.05, 0) is 31.5 Å². The van der Waals surface area contributed by atoms with Crippen LogP contribution in [0.4, 0.5) is 0 Å². The molecule has 1 aliphatic rings. The van der Waals surface area contributed by atoms with E-state index < -0.39 is 10.0 Å². The molecule has 1 fully saturated rings. The lowest BCUT2D eigenvalue weighted by Crippen LogP contribution is -2.49. The van der Waals surface area contributed by atoms with Gasteiger partial charge in [-0.1, -0.05) is 12.1 Å². The summed E-state index contributed by atoms with van der Waals surface area (Å²) in [5.74, 6) is 0.903. The molecule has 23 heavy (non-hydrogen) atoms. The summed E-state index contributed by atoms with van der Waals surface area (Å²) in [4.78, 5) is 2.03. The van der Waals surface area contributed by atoms with E-state index in [0.29, 0.717) is 32.8 Å². The molecule has 0 aliphatic carbocycles. The fraction of sp³-hybridized carbons (Fsp3) is 0.562. The van der Waals surface area contributed by atoms with E-state index in [1.807, 2.05) is 36.1 Å². The fourth-order valence-corrected chi connectivity index (χ4v) is 3.79. The van der Waals surface area contributed by atoms with E-state index in [4.69, 9.17) is 4.74 Å². The first kappa shape index (κ1) is 17.7. The van der Waals surface area contributed by atoms with E-state index in [9.17, 15) is 13.7 Å². The van der Waals surface area contributed by atoms with E-state index >= 15 is 0 Å². The average Bonchev–Trinajstić information content (AvgIpc) is 2.58. The van der Waals surface area contributed by atoms with Crippen LogP contribution in [0.1, 0.15) is 25.5 Å². The molecule has 6 nitrogen and oxygen atoms in total. The molecule has 0 amide bonds. The summed E-state index contributed by atoms with van der Waals surface area (Å²) in [6.07, 6.45) is 0. The summed E-state index contributed by atoms with van der Waals surface area (Å²) < 4.78 is 30.7. The third-order valence-corrected chi connectivity index (χ3v) is 5.91. The highest BCUT2D eigenvalue weighted by molar-refractivity contribution is 7.89. The van der Waals surface area contributed by atoms with Gasteiger partial charge < -0.3 is 4.74 Å². The van der Waals surface area contributed by atoms with Gasteiger partial charge in [-0.15, -0.1) is 0 Å². The first-order valence-corrected chi connectivity index (χ1v) is 9.47. The minimum atomic E-state index is -3.15. The molecule has 1 atom stereocenters. The maximum atomic E-state index is 11.9. The smallest absolute Gasteiger partial charge is 0.213 e. The zero-order valence-electron chi connectivity index (χ0n) is 13.6. The van der Waals surface area contributed by atoms with Crippen molar-refractivity contribution in [3.05, 3.63) is 29.8 Å². The van der Waals surface area contributed by atoms with Gasteiger partial charge in [-0.25, -0.2) is 8.42 Å². The molecule has 1 aromatic carbocycles. The number of piperazine rings is 1. The number of hydrogen-bond acceptors (Lipinski definition) is 5. The third-order valence-electron chi connectivity index (χ3n) is 4.03. The van der Waals surface area contributed by atoms with Crippen LogP contribution in [0.2, 0.25) is 0 Å². The van der Waals surface area contributed by atoms with Gasteiger partial charge in [-0.3, -0.25) is 4.90 Å². The van der Waals surface area contributed by atoms with Crippen LogP contribution in [-0.2, 0) is 10.0 Å². The van der Waals surface area contributed by atoms with Gasteiger partial charge in [-0.2, -0.15) is 9.57 Å². The predicted molar refractivity (Wildman–Crippen MR) is 88.6 cm³/mol. The fourth-order valence-electron chi connectivity index (χ4n) is 2.70. The van der Waals surface area contributed by atoms with Crippen molar-refractivity contribution in [1.82, 2.24) is 9.21 Å². The van der Waals surface area contributed by atoms with Crippen LogP contribution < -0.4 is 4.74 Å². The lowest BCUT2D eigenvalue weighted by molar-refractivity contribution is 0.162. The maximum Gasteiger partial charge on any atom is 0.213 e. The van der Waals surface area contributed by atoms with E-state index in [1.54, 1.807) is 6.92 Å². The molecule has 0 N–H and O–H groups in total. The minimum Gasteiger partial charge on any atom is -0.494 e. The Hall–Kier alpha value is -1.62. The van der Waals surface area contributed by atoms with Crippen LogP contribution >= 0.6 is 0 Å². The van der Waals surface area contributed by atoms with Gasteiger partial charge in [0, 0.05) is 26.2 Å². The van der Waals surface area contributed by atoms with Crippen molar-refractivity contribution in [3.63, 3.8) is 0 Å². The number of sulfonamides is 1. The summed E-state index contributed by atoms with van der Waals surface area (Å²) >= 11 is 0. The van der Waals surface area contributed by atoms with Crippen molar-refractivity contribution in [3.8, 4) is 11.8 Å². The second-order valence-corrected chi connectivity index (χ2v) is 7.63. The highest BCUT2D eigenvalue weighted by atomic mass is 32.2. The van der Waals surface area contributed by atoms with Crippen LogP contribution in [0.25, 0.3) is 0 Å². The zero-order chi connectivity index (χ0) is 16.9. The molecule has 1 saturated heterocycles. The Labute approximate surface area is 138 Å². The molecule has 1 aliphatic heterocycles. The van der Waals surface area contributed by atoms with Gasteiger partial charge in [0.25, 0.3) is 0 Å². The van der Waals surface area contributed by atoms with Crippen LogP contribution in [0, 0.1) is 11.3 Å². The van der Waals surface area contributed by atoms with Crippen LogP contribution in [0.15, 0.2) is 24.3 Å². The molecule has 0 saturated carbocycles. The largest absolute Gasteiger partial charge is 0.494 e. The summed E-state index contributed by atoms with van der Waals surface area (Å²) in [6.45, 7) is 6.18. The second kappa shape index (κ2) is 7.77. The molecule has 1 unspecified atom stereocenters. The monoisotopic (exact) mass is 337 g/mol. The van der Waals surface area contributed by atoms with E-state index in [0.717, 1.165) is 11.3 Å². The molecule has 0 spiro atoms. The molecule has 1 heterocycles. The summed E-state index contributed by atoms with van der Waals surface area (Å²) in [5, 5.41) is 9.52. The van der Waals surface area contributed by atoms with Crippen molar-refractivity contribution in [2.45, 2.75) is 19.9 Å². The summed E-state index contributed by atoms with van der Waals surface area (Å²) in [6, 6.07) is 9.48. The van der Waals surface area contributed by atoms with Crippen molar-refractivity contribution in [1.29, 1.82) is 5.26 Å². The quantitative estimate of drug-likeness (QED) is 0.788. The molecule has 126 valence electrons. The number of ether oxygens (including phenoxy) is 1. The Morgan fingerprint density at radius 1 is 1.17 bits per heavy atom. The highest BCUT2D eigenvalue weighted by Crippen LogP contribution is 2.24. The van der Waals surface area contributed by atoms with Crippen molar-refractivity contribution in [2.24, 2.45) is 0 Å². The van der Waals surface area contributed by atoms with Crippen molar-refractivity contribution < 1.29 is 13.2 Å². The molecule has 0 bridgehead atoms. The molecular weight excluding hydrogens is 314 g/mol. The number of hydrogen-bond donors (Lipinski definition) is 0. The highest BCUT2D eigenvalue weighted by Gasteiger charge is 2.29. The van der Waals surface area contributed by atoms with Crippen LogP contribution in [-0.4, -0.2) is 56.2 Å². The SMILES string of the molecule is CCOc1ccc(C(C#N)N2CCN(S(=O)(=O)CC)CC2)cc1. The predicted octanol–water partition coefficient (Wildman–Crippen LogP) is 1.62. The van der Waals surface area contributed by atoms with Gasteiger partial charge in [0.15, 0.2) is 0 Å². The Balaban J connectivity index is 2.04. The first-order chi connectivity index (χ1) is 11.0. The zero-order valence-corrected chi connectivity index (χ0v) is 14.4. The molecule has 2 rings (SSSR count). The number of rotatable bonds is 6. The number of nitrogens with zero attached hydrogens (tertiary/aromatic N) is 3. The summed E-state index contributed by atoms with van der Waals surface area (Å²) in [5.41, 5.74) is 0.905. The molecule has 0 aromatic heterocycles. The first-order valence-electron chi connectivity index (χ1n) is 7.86. The standard InChI is InChI=1S/C16H23N3O3S/c1-3-22-15-7-5-14(6-8-15)16(13-17)18-9-11-19(12-10-18)23(20,21)4-2/h5-8,16H,3-4,9-12H2,1-2H3. The Kier molecular flexibility index (Phi) is 5.99. The van der Waals surface area contributed by atoms with Gasteiger partial charge in [0.05, 0.1) is 18.4 Å². The average molecular weight is 337 g/mol. The maximum absolute atomic E-state index is 11.9. The molecule has 1 aromatic rings. The normalized spacial score (nSPS) is 18.3. The van der Waals surface area contributed by atoms with Crippen LogP contribution in [0.3, 0.4) is 0 Å². The van der Waals surface area contributed by atoms with E-state index in [-0.39, 0.29) is 11.8 Å². The topological polar surface area (TPSA) is 73.6 Å². The molecule has 7 heteroatoms. The Morgan fingerprint density at radius 2 is 1.78 bits per heavy atom. The third kappa shape index (κ3) is 4.22. The number of nitriles is 1. The lowest BCUT2D eigenvalue weighted by atomic mass is 10.1. The van der Waals surface area contributed by atoms with Crippen LogP contribution in [0.5, 0.6) is 5.75 Å². The Bertz CT molecular complexity index is 644. The van der Waals surface area contributed by atoms with Crippen molar-refractivity contribution >= 4 is 10.0 Å².